The van der Waals surface area contributed by atoms with Crippen LogP contribution in [0.1, 0.15) is 31.9 Å². The molecule has 0 heterocycles. The van der Waals surface area contributed by atoms with Gasteiger partial charge in [0.05, 0.1) is 12.6 Å². The topological polar surface area (TPSA) is 21.3 Å². The van der Waals surface area contributed by atoms with Gasteiger partial charge >= 0.3 is 0 Å². The van der Waals surface area contributed by atoms with Gasteiger partial charge in [-0.2, -0.15) is 0 Å². The number of hydrogen-bond acceptors (Lipinski definition) is 2. The zero-order chi connectivity index (χ0) is 12.7. The van der Waals surface area contributed by atoms with Gasteiger partial charge in [-0.3, -0.25) is 0 Å². The molecule has 0 fully saturated rings. The van der Waals surface area contributed by atoms with Gasteiger partial charge in [0.15, 0.2) is 0 Å². The SMILES string of the molecule is CCCNC(c1ccccc1OCC)C(F)F. The molecular weight excluding hydrogens is 224 g/mol. The zero-order valence-electron chi connectivity index (χ0n) is 10.2. The highest BCUT2D eigenvalue weighted by atomic mass is 19.3. The van der Waals surface area contributed by atoms with E-state index in [-0.39, 0.29) is 0 Å². The Morgan fingerprint density at radius 3 is 2.53 bits per heavy atom. The lowest BCUT2D eigenvalue weighted by molar-refractivity contribution is 0.0968. The highest BCUT2D eigenvalue weighted by Crippen LogP contribution is 2.29. The third kappa shape index (κ3) is 3.97. The summed E-state index contributed by atoms with van der Waals surface area (Å²) >= 11 is 0. The van der Waals surface area contributed by atoms with Gasteiger partial charge in [0.2, 0.25) is 0 Å². The van der Waals surface area contributed by atoms with E-state index < -0.39 is 12.5 Å². The summed E-state index contributed by atoms with van der Waals surface area (Å²) in [5, 5.41) is 2.85. The highest BCUT2D eigenvalue weighted by Gasteiger charge is 2.24. The number of nitrogens with one attached hydrogen (secondary N) is 1. The van der Waals surface area contributed by atoms with E-state index in [0.717, 1.165) is 6.42 Å². The van der Waals surface area contributed by atoms with Crippen LogP contribution in [0.2, 0.25) is 0 Å². The van der Waals surface area contributed by atoms with Crippen molar-refractivity contribution in [1.82, 2.24) is 5.32 Å². The maximum atomic E-state index is 13.0. The molecule has 17 heavy (non-hydrogen) atoms. The summed E-state index contributed by atoms with van der Waals surface area (Å²) in [7, 11) is 0. The Morgan fingerprint density at radius 1 is 1.24 bits per heavy atom. The van der Waals surface area contributed by atoms with Crippen LogP contribution in [0.15, 0.2) is 24.3 Å². The largest absolute Gasteiger partial charge is 0.494 e. The highest BCUT2D eigenvalue weighted by molar-refractivity contribution is 5.36. The number of alkyl halides is 2. The predicted molar refractivity (Wildman–Crippen MR) is 64.6 cm³/mol. The second-order valence-corrected chi connectivity index (χ2v) is 3.74. The van der Waals surface area contributed by atoms with E-state index in [0.29, 0.717) is 24.5 Å². The Labute approximate surface area is 101 Å². The second kappa shape index (κ2) is 7.22. The normalized spacial score (nSPS) is 12.8. The molecule has 0 aliphatic rings. The van der Waals surface area contributed by atoms with E-state index in [1.807, 2.05) is 13.8 Å². The third-order valence-electron chi connectivity index (χ3n) is 2.42. The van der Waals surface area contributed by atoms with Crippen molar-refractivity contribution in [3.05, 3.63) is 29.8 Å². The van der Waals surface area contributed by atoms with Crippen LogP contribution in [0.5, 0.6) is 5.75 Å². The molecule has 0 radical (unpaired) electrons. The predicted octanol–water partition coefficient (Wildman–Crippen LogP) is 3.39. The van der Waals surface area contributed by atoms with Crippen molar-refractivity contribution in [2.24, 2.45) is 0 Å². The lowest BCUT2D eigenvalue weighted by Gasteiger charge is -2.20. The smallest absolute Gasteiger partial charge is 0.257 e. The van der Waals surface area contributed by atoms with E-state index in [9.17, 15) is 8.78 Å². The number of para-hydroxylation sites is 1. The first-order chi connectivity index (χ1) is 8.20. The molecule has 0 aliphatic heterocycles. The third-order valence-corrected chi connectivity index (χ3v) is 2.42. The fourth-order valence-corrected chi connectivity index (χ4v) is 1.66. The molecule has 1 atom stereocenters. The molecule has 0 spiro atoms. The summed E-state index contributed by atoms with van der Waals surface area (Å²) in [6, 6.07) is 5.99. The van der Waals surface area contributed by atoms with Crippen LogP contribution in [-0.2, 0) is 0 Å². The number of benzene rings is 1. The average Bonchev–Trinajstić information content (AvgIpc) is 2.31. The summed E-state index contributed by atoms with van der Waals surface area (Å²) < 4.78 is 31.4. The maximum Gasteiger partial charge on any atom is 0.257 e. The van der Waals surface area contributed by atoms with Crippen molar-refractivity contribution in [2.75, 3.05) is 13.2 Å². The quantitative estimate of drug-likeness (QED) is 0.792. The van der Waals surface area contributed by atoms with E-state index in [1.54, 1.807) is 24.3 Å². The molecule has 0 aromatic heterocycles. The summed E-state index contributed by atoms with van der Waals surface area (Å²) in [5.74, 6) is 0.531. The van der Waals surface area contributed by atoms with E-state index in [1.165, 1.54) is 0 Å². The van der Waals surface area contributed by atoms with Gasteiger partial charge in [-0.1, -0.05) is 25.1 Å². The first-order valence-corrected chi connectivity index (χ1v) is 5.94. The van der Waals surface area contributed by atoms with Crippen LogP contribution >= 0.6 is 0 Å². The van der Waals surface area contributed by atoms with Gasteiger partial charge in [-0.05, 0) is 26.0 Å². The Balaban J connectivity index is 2.91. The van der Waals surface area contributed by atoms with Crippen LogP contribution < -0.4 is 10.1 Å². The van der Waals surface area contributed by atoms with Gasteiger partial charge in [-0.25, -0.2) is 8.78 Å². The van der Waals surface area contributed by atoms with Gasteiger partial charge in [0.25, 0.3) is 6.43 Å². The lowest BCUT2D eigenvalue weighted by atomic mass is 10.1. The van der Waals surface area contributed by atoms with Crippen molar-refractivity contribution in [3.8, 4) is 5.75 Å². The summed E-state index contributed by atoms with van der Waals surface area (Å²) in [5.41, 5.74) is 0.526. The van der Waals surface area contributed by atoms with Gasteiger partial charge in [0.1, 0.15) is 5.75 Å². The summed E-state index contributed by atoms with van der Waals surface area (Å²) in [4.78, 5) is 0. The van der Waals surface area contributed by atoms with Gasteiger partial charge in [0, 0.05) is 5.56 Å². The summed E-state index contributed by atoms with van der Waals surface area (Å²) in [6.07, 6.45) is -1.62. The molecule has 4 heteroatoms. The van der Waals surface area contributed by atoms with Crippen LogP contribution in [0.4, 0.5) is 8.78 Å². The molecule has 1 aromatic carbocycles. The minimum Gasteiger partial charge on any atom is -0.494 e. The Morgan fingerprint density at radius 2 is 1.94 bits per heavy atom. The van der Waals surface area contributed by atoms with Crippen molar-refractivity contribution >= 4 is 0 Å². The van der Waals surface area contributed by atoms with Crippen LogP contribution in [0, 0.1) is 0 Å². The van der Waals surface area contributed by atoms with E-state index in [4.69, 9.17) is 4.74 Å². The molecule has 0 saturated carbocycles. The van der Waals surface area contributed by atoms with E-state index in [2.05, 4.69) is 5.32 Å². The number of hydrogen-bond donors (Lipinski definition) is 1. The zero-order valence-corrected chi connectivity index (χ0v) is 10.2. The van der Waals surface area contributed by atoms with Crippen molar-refractivity contribution in [1.29, 1.82) is 0 Å². The molecule has 0 amide bonds. The Bertz CT molecular complexity index is 331. The van der Waals surface area contributed by atoms with Crippen molar-refractivity contribution in [3.63, 3.8) is 0 Å². The molecule has 1 rings (SSSR count). The Hall–Kier alpha value is -1.16. The van der Waals surface area contributed by atoms with E-state index >= 15 is 0 Å². The molecule has 2 nitrogen and oxygen atoms in total. The molecule has 1 unspecified atom stereocenters. The number of ether oxygens (including phenoxy) is 1. The maximum absolute atomic E-state index is 13.0. The van der Waals surface area contributed by atoms with Crippen molar-refractivity contribution in [2.45, 2.75) is 32.7 Å². The monoisotopic (exact) mass is 243 g/mol. The first kappa shape index (κ1) is 13.9. The van der Waals surface area contributed by atoms with Crippen LogP contribution in [0.25, 0.3) is 0 Å². The average molecular weight is 243 g/mol. The number of halogens is 2. The molecule has 0 bridgehead atoms. The first-order valence-electron chi connectivity index (χ1n) is 5.94. The molecule has 0 aliphatic carbocycles. The molecule has 1 aromatic rings. The number of rotatable bonds is 7. The molecule has 1 N–H and O–H groups in total. The van der Waals surface area contributed by atoms with Crippen molar-refractivity contribution < 1.29 is 13.5 Å². The van der Waals surface area contributed by atoms with Crippen LogP contribution in [0.3, 0.4) is 0 Å². The fraction of sp³-hybridized carbons (Fsp3) is 0.538. The summed E-state index contributed by atoms with van der Waals surface area (Å²) in [6.45, 7) is 4.83. The second-order valence-electron chi connectivity index (χ2n) is 3.74. The Kier molecular flexibility index (Phi) is 5.91. The minimum atomic E-state index is -2.44. The molecular formula is C13H19F2NO. The van der Waals surface area contributed by atoms with Gasteiger partial charge in [-0.15, -0.1) is 0 Å². The van der Waals surface area contributed by atoms with Gasteiger partial charge < -0.3 is 10.1 Å². The minimum absolute atomic E-state index is 0.473. The molecule has 96 valence electrons. The van der Waals surface area contributed by atoms with Crippen LogP contribution in [-0.4, -0.2) is 19.6 Å². The fourth-order valence-electron chi connectivity index (χ4n) is 1.66. The molecule has 0 saturated heterocycles. The lowest BCUT2D eigenvalue weighted by Crippen LogP contribution is -2.28. The standard InChI is InChI=1S/C13H19F2NO/c1-3-9-16-12(13(14)15)10-7-5-6-8-11(10)17-4-2/h5-8,12-13,16H,3-4,9H2,1-2H3.